The number of carbonyl (C=O) groups is 2. The number of rotatable bonds is 5. The van der Waals surface area contributed by atoms with Crippen LogP contribution in [-0.4, -0.2) is 40.7 Å². The van der Waals surface area contributed by atoms with Crippen molar-refractivity contribution in [2.24, 2.45) is 0 Å². The zero-order chi connectivity index (χ0) is 13.8. The summed E-state index contributed by atoms with van der Waals surface area (Å²) in [6.07, 6.45) is 1.14. The van der Waals surface area contributed by atoms with Crippen molar-refractivity contribution < 1.29 is 9.59 Å². The van der Waals surface area contributed by atoms with Gasteiger partial charge in [-0.15, -0.1) is 11.3 Å². The fourth-order valence-corrected chi connectivity index (χ4v) is 3.21. The van der Waals surface area contributed by atoms with Crippen LogP contribution in [0.1, 0.15) is 31.6 Å². The van der Waals surface area contributed by atoms with Crippen molar-refractivity contribution in [3.63, 3.8) is 0 Å². The number of thiophene rings is 1. The quantitative estimate of drug-likeness (QED) is 0.829. The topological polar surface area (TPSA) is 40.6 Å². The summed E-state index contributed by atoms with van der Waals surface area (Å²) in [4.78, 5) is 29.1. The largest absolute Gasteiger partial charge is 0.341 e. The molecule has 1 saturated heterocycles. The monoisotopic (exact) mass is 280 g/mol. The smallest absolute Gasteiger partial charge is 0.245 e. The number of nitrogens with zero attached hydrogens (tertiary/aromatic N) is 2. The summed E-state index contributed by atoms with van der Waals surface area (Å²) in [6.45, 7) is 5.91. The van der Waals surface area contributed by atoms with Crippen LogP contribution in [0, 0.1) is 0 Å². The van der Waals surface area contributed by atoms with Crippen molar-refractivity contribution in [1.29, 1.82) is 0 Å². The molecule has 0 N–H and O–H groups in total. The summed E-state index contributed by atoms with van der Waals surface area (Å²) in [5.74, 6) is 0.186. The van der Waals surface area contributed by atoms with Crippen molar-refractivity contribution in [1.82, 2.24) is 9.80 Å². The molecule has 1 atom stereocenters. The Morgan fingerprint density at radius 3 is 2.79 bits per heavy atom. The molecule has 104 valence electrons. The minimum Gasteiger partial charge on any atom is -0.341 e. The van der Waals surface area contributed by atoms with Crippen LogP contribution in [0.25, 0.3) is 0 Å². The van der Waals surface area contributed by atoms with Gasteiger partial charge in [0.25, 0.3) is 0 Å². The molecule has 5 heteroatoms. The molecule has 1 aliphatic heterocycles. The average molecular weight is 280 g/mol. The van der Waals surface area contributed by atoms with Crippen molar-refractivity contribution in [3.8, 4) is 0 Å². The van der Waals surface area contributed by atoms with Crippen LogP contribution in [0.3, 0.4) is 0 Å². The summed E-state index contributed by atoms with van der Waals surface area (Å²) in [7, 11) is 0. The van der Waals surface area contributed by atoms with Crippen LogP contribution >= 0.6 is 11.3 Å². The first-order valence-electron chi connectivity index (χ1n) is 6.78. The van der Waals surface area contributed by atoms with Gasteiger partial charge in [-0.25, -0.2) is 0 Å². The lowest BCUT2D eigenvalue weighted by Gasteiger charge is -2.28. The molecule has 2 rings (SSSR count). The van der Waals surface area contributed by atoms with E-state index in [-0.39, 0.29) is 17.9 Å². The maximum absolute atomic E-state index is 12.4. The first kappa shape index (κ1) is 14.1. The third kappa shape index (κ3) is 2.97. The fraction of sp³-hybridized carbons (Fsp3) is 0.571. The Morgan fingerprint density at radius 1 is 1.47 bits per heavy atom. The standard InChI is InChI=1S/C14H20N2O2S/c1-3-15(4-2)14(18)12-7-8-13(17)16(12)10-11-6-5-9-19-11/h5-6,9,12H,3-4,7-8,10H2,1-2H3/t12-/m1/s1. The molecule has 0 saturated carbocycles. The molecule has 0 unspecified atom stereocenters. The van der Waals surface area contributed by atoms with E-state index in [0.717, 1.165) is 4.88 Å². The van der Waals surface area contributed by atoms with E-state index < -0.39 is 0 Å². The van der Waals surface area contributed by atoms with Crippen LogP contribution in [0.15, 0.2) is 17.5 Å². The van der Waals surface area contributed by atoms with E-state index >= 15 is 0 Å². The second-order valence-electron chi connectivity index (χ2n) is 4.67. The highest BCUT2D eigenvalue weighted by molar-refractivity contribution is 7.09. The van der Waals surface area contributed by atoms with E-state index in [2.05, 4.69) is 0 Å². The zero-order valence-electron chi connectivity index (χ0n) is 11.5. The number of likely N-dealkylation sites (tertiary alicyclic amines) is 1. The highest BCUT2D eigenvalue weighted by Crippen LogP contribution is 2.24. The van der Waals surface area contributed by atoms with E-state index in [9.17, 15) is 9.59 Å². The second-order valence-corrected chi connectivity index (χ2v) is 5.70. The number of likely N-dealkylation sites (N-methyl/N-ethyl adjacent to an activating group) is 1. The average Bonchev–Trinajstić information content (AvgIpc) is 3.03. The van der Waals surface area contributed by atoms with Crippen molar-refractivity contribution in [2.75, 3.05) is 13.1 Å². The lowest BCUT2D eigenvalue weighted by atomic mass is 10.2. The Kier molecular flexibility index (Phi) is 4.58. The molecule has 1 aromatic heterocycles. The molecular weight excluding hydrogens is 260 g/mol. The first-order valence-corrected chi connectivity index (χ1v) is 7.66. The lowest BCUT2D eigenvalue weighted by Crippen LogP contribution is -2.46. The third-order valence-electron chi connectivity index (χ3n) is 3.59. The van der Waals surface area contributed by atoms with Gasteiger partial charge in [-0.1, -0.05) is 6.07 Å². The van der Waals surface area contributed by atoms with Gasteiger partial charge in [0.2, 0.25) is 11.8 Å². The molecule has 1 aliphatic rings. The zero-order valence-corrected chi connectivity index (χ0v) is 12.3. The highest BCUT2D eigenvalue weighted by Gasteiger charge is 2.37. The molecule has 19 heavy (non-hydrogen) atoms. The van der Waals surface area contributed by atoms with Crippen LogP contribution in [0.5, 0.6) is 0 Å². The van der Waals surface area contributed by atoms with Gasteiger partial charge in [0.15, 0.2) is 0 Å². The molecule has 1 aromatic rings. The van der Waals surface area contributed by atoms with Gasteiger partial charge in [0.05, 0.1) is 6.54 Å². The summed E-state index contributed by atoms with van der Waals surface area (Å²) in [6, 6.07) is 3.71. The molecular formula is C14H20N2O2S. The predicted octanol–water partition coefficient (Wildman–Crippen LogP) is 2.11. The van der Waals surface area contributed by atoms with E-state index in [1.807, 2.05) is 36.3 Å². The van der Waals surface area contributed by atoms with Crippen LogP contribution in [0.4, 0.5) is 0 Å². The lowest BCUT2D eigenvalue weighted by molar-refractivity contribution is -0.141. The van der Waals surface area contributed by atoms with Gasteiger partial charge in [0.1, 0.15) is 6.04 Å². The summed E-state index contributed by atoms with van der Waals surface area (Å²) < 4.78 is 0. The molecule has 2 amide bonds. The molecule has 0 aromatic carbocycles. The van der Waals surface area contributed by atoms with E-state index in [0.29, 0.717) is 32.5 Å². The third-order valence-corrected chi connectivity index (χ3v) is 4.46. The summed E-state index contributed by atoms with van der Waals surface area (Å²) >= 11 is 1.63. The minimum atomic E-state index is -0.269. The maximum atomic E-state index is 12.4. The number of amides is 2. The van der Waals surface area contributed by atoms with Gasteiger partial charge in [0, 0.05) is 24.4 Å². The second kappa shape index (κ2) is 6.19. The SMILES string of the molecule is CCN(CC)C(=O)[C@H]1CCC(=O)N1Cc1cccs1. The van der Waals surface area contributed by atoms with E-state index in [1.165, 1.54) is 0 Å². The van der Waals surface area contributed by atoms with Crippen LogP contribution in [0.2, 0.25) is 0 Å². The minimum absolute atomic E-state index is 0.0902. The van der Waals surface area contributed by atoms with E-state index in [1.54, 1.807) is 16.2 Å². The number of hydrogen-bond acceptors (Lipinski definition) is 3. The Hall–Kier alpha value is -1.36. The Labute approximate surface area is 118 Å². The van der Waals surface area contributed by atoms with Crippen LogP contribution < -0.4 is 0 Å². The van der Waals surface area contributed by atoms with Gasteiger partial charge >= 0.3 is 0 Å². The molecule has 0 aliphatic carbocycles. The number of carbonyl (C=O) groups excluding carboxylic acids is 2. The molecule has 0 bridgehead atoms. The highest BCUT2D eigenvalue weighted by atomic mass is 32.1. The van der Waals surface area contributed by atoms with Gasteiger partial charge in [-0.05, 0) is 31.7 Å². The summed E-state index contributed by atoms with van der Waals surface area (Å²) in [5, 5.41) is 2.00. The normalized spacial score (nSPS) is 18.9. The number of hydrogen-bond donors (Lipinski definition) is 0. The first-order chi connectivity index (χ1) is 9.17. The Morgan fingerprint density at radius 2 is 2.21 bits per heavy atom. The van der Waals surface area contributed by atoms with Crippen LogP contribution in [-0.2, 0) is 16.1 Å². The molecule has 1 fully saturated rings. The maximum Gasteiger partial charge on any atom is 0.245 e. The Bertz CT molecular complexity index is 440. The fourth-order valence-electron chi connectivity index (χ4n) is 2.51. The van der Waals surface area contributed by atoms with Gasteiger partial charge in [-0.2, -0.15) is 0 Å². The molecule has 2 heterocycles. The molecule has 4 nitrogen and oxygen atoms in total. The van der Waals surface area contributed by atoms with Crippen molar-refractivity contribution in [3.05, 3.63) is 22.4 Å². The Balaban J connectivity index is 2.10. The van der Waals surface area contributed by atoms with E-state index in [4.69, 9.17) is 0 Å². The van der Waals surface area contributed by atoms with Crippen molar-refractivity contribution in [2.45, 2.75) is 39.3 Å². The molecule has 0 radical (unpaired) electrons. The predicted molar refractivity (Wildman–Crippen MR) is 75.8 cm³/mol. The van der Waals surface area contributed by atoms with Gasteiger partial charge < -0.3 is 9.80 Å². The summed E-state index contributed by atoms with van der Waals surface area (Å²) in [5.41, 5.74) is 0. The molecule has 0 spiro atoms. The van der Waals surface area contributed by atoms with Gasteiger partial charge in [-0.3, -0.25) is 9.59 Å². The van der Waals surface area contributed by atoms with Crippen molar-refractivity contribution >= 4 is 23.2 Å².